The van der Waals surface area contributed by atoms with E-state index in [0.717, 1.165) is 44.8 Å². The molecule has 29 heavy (non-hydrogen) atoms. The second kappa shape index (κ2) is 9.72. The lowest BCUT2D eigenvalue weighted by atomic mass is 10.1. The van der Waals surface area contributed by atoms with E-state index in [4.69, 9.17) is 0 Å². The second-order valence-electron chi connectivity index (χ2n) is 7.75. The average molecular weight is 396 g/mol. The van der Waals surface area contributed by atoms with Crippen LogP contribution in [0.2, 0.25) is 0 Å². The maximum absolute atomic E-state index is 13.1. The number of nitrogens with zero attached hydrogens (tertiary/aromatic N) is 5. The van der Waals surface area contributed by atoms with Crippen molar-refractivity contribution in [2.45, 2.75) is 40.5 Å². The minimum absolute atomic E-state index is 0.00205. The highest BCUT2D eigenvalue weighted by Crippen LogP contribution is 2.24. The molecule has 3 rings (SSSR count). The van der Waals surface area contributed by atoms with Crippen molar-refractivity contribution in [3.05, 3.63) is 47.4 Å². The van der Waals surface area contributed by atoms with Gasteiger partial charge in [-0.1, -0.05) is 26.0 Å². The van der Waals surface area contributed by atoms with Crippen LogP contribution in [-0.4, -0.2) is 60.0 Å². The summed E-state index contributed by atoms with van der Waals surface area (Å²) < 4.78 is 0. The van der Waals surface area contributed by atoms with Gasteiger partial charge < -0.3 is 14.7 Å². The third kappa shape index (κ3) is 4.86. The number of rotatable bonds is 7. The Morgan fingerprint density at radius 2 is 1.72 bits per heavy atom. The SMILES string of the molecule is CCCN(CCC)c1cc(C(=O)N2CCN(c3cccc(C)c3C)CC2)ncn1. The van der Waals surface area contributed by atoms with Gasteiger partial charge in [-0.05, 0) is 43.9 Å². The topological polar surface area (TPSA) is 52.6 Å². The fourth-order valence-electron chi connectivity index (χ4n) is 3.91. The molecular formula is C23H33N5O. The quantitative estimate of drug-likeness (QED) is 0.716. The Morgan fingerprint density at radius 1 is 1.03 bits per heavy atom. The Hall–Kier alpha value is -2.63. The molecule has 0 aliphatic carbocycles. The summed E-state index contributed by atoms with van der Waals surface area (Å²) >= 11 is 0. The van der Waals surface area contributed by atoms with Crippen molar-refractivity contribution in [2.75, 3.05) is 49.1 Å². The van der Waals surface area contributed by atoms with Gasteiger partial charge in [-0.3, -0.25) is 4.79 Å². The molecule has 0 radical (unpaired) electrons. The lowest BCUT2D eigenvalue weighted by Gasteiger charge is -2.37. The third-order valence-electron chi connectivity index (χ3n) is 5.67. The number of carbonyl (C=O) groups excluding carboxylic acids is 1. The smallest absolute Gasteiger partial charge is 0.272 e. The Bertz CT molecular complexity index is 824. The highest BCUT2D eigenvalue weighted by Gasteiger charge is 2.24. The number of carbonyl (C=O) groups is 1. The molecule has 0 unspecified atom stereocenters. The number of aryl methyl sites for hydroxylation is 1. The molecule has 1 aromatic heterocycles. The summed E-state index contributed by atoms with van der Waals surface area (Å²) in [5, 5.41) is 0. The van der Waals surface area contributed by atoms with Crippen LogP contribution in [0.3, 0.4) is 0 Å². The molecule has 0 saturated carbocycles. The molecule has 156 valence electrons. The molecule has 6 heteroatoms. The summed E-state index contributed by atoms with van der Waals surface area (Å²) in [5.41, 5.74) is 4.39. The van der Waals surface area contributed by atoms with E-state index in [1.165, 1.54) is 23.1 Å². The van der Waals surface area contributed by atoms with Gasteiger partial charge in [0, 0.05) is 51.0 Å². The molecule has 1 amide bonds. The van der Waals surface area contributed by atoms with Crippen LogP contribution in [0.1, 0.15) is 48.3 Å². The van der Waals surface area contributed by atoms with Gasteiger partial charge in [-0.2, -0.15) is 0 Å². The van der Waals surface area contributed by atoms with Crippen LogP contribution in [0, 0.1) is 13.8 Å². The molecule has 1 fully saturated rings. The minimum Gasteiger partial charge on any atom is -0.368 e. The molecule has 0 atom stereocenters. The Morgan fingerprint density at radius 3 is 2.38 bits per heavy atom. The number of piperazine rings is 1. The maximum Gasteiger partial charge on any atom is 0.272 e. The Labute approximate surface area is 174 Å². The molecule has 6 nitrogen and oxygen atoms in total. The summed E-state index contributed by atoms with van der Waals surface area (Å²) in [7, 11) is 0. The van der Waals surface area contributed by atoms with Crippen molar-refractivity contribution >= 4 is 17.4 Å². The van der Waals surface area contributed by atoms with Gasteiger partial charge in [0.05, 0.1) is 0 Å². The van der Waals surface area contributed by atoms with Crippen LogP contribution in [0.5, 0.6) is 0 Å². The third-order valence-corrected chi connectivity index (χ3v) is 5.67. The van der Waals surface area contributed by atoms with Crippen molar-refractivity contribution in [1.82, 2.24) is 14.9 Å². The van der Waals surface area contributed by atoms with Gasteiger partial charge in [0.15, 0.2) is 0 Å². The van der Waals surface area contributed by atoms with Gasteiger partial charge >= 0.3 is 0 Å². The van der Waals surface area contributed by atoms with E-state index in [-0.39, 0.29) is 5.91 Å². The number of anilines is 2. The monoisotopic (exact) mass is 395 g/mol. The fourth-order valence-corrected chi connectivity index (χ4v) is 3.91. The lowest BCUT2D eigenvalue weighted by Crippen LogP contribution is -2.49. The van der Waals surface area contributed by atoms with Crippen LogP contribution in [-0.2, 0) is 0 Å². The van der Waals surface area contributed by atoms with Gasteiger partial charge in [0.1, 0.15) is 17.8 Å². The second-order valence-corrected chi connectivity index (χ2v) is 7.75. The summed E-state index contributed by atoms with van der Waals surface area (Å²) in [5.74, 6) is 0.850. The zero-order chi connectivity index (χ0) is 20.8. The van der Waals surface area contributed by atoms with Gasteiger partial charge in [0.2, 0.25) is 0 Å². The largest absolute Gasteiger partial charge is 0.368 e. The summed E-state index contributed by atoms with van der Waals surface area (Å²) in [4.78, 5) is 28.3. The lowest BCUT2D eigenvalue weighted by molar-refractivity contribution is 0.0740. The van der Waals surface area contributed by atoms with Gasteiger partial charge in [-0.15, -0.1) is 0 Å². The van der Waals surface area contributed by atoms with E-state index in [0.29, 0.717) is 18.8 Å². The molecule has 1 aliphatic heterocycles. The molecule has 0 bridgehead atoms. The number of benzene rings is 1. The molecule has 1 saturated heterocycles. The predicted molar refractivity (Wildman–Crippen MR) is 119 cm³/mol. The van der Waals surface area contributed by atoms with Crippen LogP contribution in [0.4, 0.5) is 11.5 Å². The van der Waals surface area contributed by atoms with Crippen molar-refractivity contribution < 1.29 is 4.79 Å². The summed E-state index contributed by atoms with van der Waals surface area (Å²) in [6, 6.07) is 8.28. The fraction of sp³-hybridized carbons (Fsp3) is 0.522. The summed E-state index contributed by atoms with van der Waals surface area (Å²) in [6.07, 6.45) is 3.62. The first kappa shape index (κ1) is 21.1. The first-order chi connectivity index (χ1) is 14.0. The average Bonchev–Trinajstić information content (AvgIpc) is 2.75. The Kier molecular flexibility index (Phi) is 7.07. The molecule has 2 aromatic rings. The van der Waals surface area contributed by atoms with Crippen molar-refractivity contribution in [3.8, 4) is 0 Å². The van der Waals surface area contributed by atoms with Crippen molar-refractivity contribution in [2.24, 2.45) is 0 Å². The first-order valence-electron chi connectivity index (χ1n) is 10.7. The molecule has 0 spiro atoms. The number of hydrogen-bond donors (Lipinski definition) is 0. The number of amides is 1. The molecule has 0 N–H and O–H groups in total. The van der Waals surface area contributed by atoms with Gasteiger partial charge in [-0.25, -0.2) is 9.97 Å². The number of hydrogen-bond acceptors (Lipinski definition) is 5. The van der Waals surface area contributed by atoms with Crippen LogP contribution < -0.4 is 9.80 Å². The van der Waals surface area contributed by atoms with E-state index in [2.05, 4.69) is 65.7 Å². The van der Waals surface area contributed by atoms with Gasteiger partial charge in [0.25, 0.3) is 5.91 Å². The maximum atomic E-state index is 13.1. The molecule has 1 aliphatic rings. The van der Waals surface area contributed by atoms with Crippen molar-refractivity contribution in [1.29, 1.82) is 0 Å². The minimum atomic E-state index is 0.00205. The highest BCUT2D eigenvalue weighted by atomic mass is 16.2. The predicted octanol–water partition coefficient (Wildman–Crippen LogP) is 3.68. The van der Waals surface area contributed by atoms with E-state index in [1.54, 1.807) is 0 Å². The van der Waals surface area contributed by atoms with E-state index in [1.807, 2.05) is 11.0 Å². The zero-order valence-electron chi connectivity index (χ0n) is 18.2. The van der Waals surface area contributed by atoms with E-state index >= 15 is 0 Å². The standard InChI is InChI=1S/C23H33N5O/c1-5-10-27(11-6-2)22-16-20(24-17-25-22)23(29)28-14-12-26(13-15-28)21-9-7-8-18(3)19(21)4/h7-9,16-17H,5-6,10-15H2,1-4H3. The number of aromatic nitrogens is 2. The molecular weight excluding hydrogens is 362 g/mol. The van der Waals surface area contributed by atoms with Crippen LogP contribution >= 0.6 is 0 Å². The highest BCUT2D eigenvalue weighted by molar-refractivity contribution is 5.93. The molecule has 2 heterocycles. The normalized spacial score (nSPS) is 14.2. The Balaban J connectivity index is 1.68. The first-order valence-corrected chi connectivity index (χ1v) is 10.7. The molecule has 1 aromatic carbocycles. The van der Waals surface area contributed by atoms with Crippen molar-refractivity contribution in [3.63, 3.8) is 0 Å². The van der Waals surface area contributed by atoms with E-state index < -0.39 is 0 Å². The summed E-state index contributed by atoms with van der Waals surface area (Å²) in [6.45, 7) is 13.6. The zero-order valence-corrected chi connectivity index (χ0v) is 18.2. The van der Waals surface area contributed by atoms with Crippen LogP contribution in [0.15, 0.2) is 30.6 Å². The van der Waals surface area contributed by atoms with E-state index in [9.17, 15) is 4.79 Å². The van der Waals surface area contributed by atoms with Crippen LogP contribution in [0.25, 0.3) is 0 Å².